The van der Waals surface area contributed by atoms with Crippen molar-refractivity contribution in [3.63, 3.8) is 0 Å². The first kappa shape index (κ1) is 17.3. The van der Waals surface area contributed by atoms with E-state index < -0.39 is 0 Å². The quantitative estimate of drug-likeness (QED) is 0.878. The Labute approximate surface area is 148 Å². The number of ether oxygens (including phenoxy) is 2. The third kappa shape index (κ3) is 4.51. The van der Waals surface area contributed by atoms with Gasteiger partial charge in [-0.3, -0.25) is 4.79 Å². The van der Waals surface area contributed by atoms with Crippen LogP contribution in [0.25, 0.3) is 0 Å². The van der Waals surface area contributed by atoms with Crippen molar-refractivity contribution in [1.29, 1.82) is 0 Å². The minimum absolute atomic E-state index is 0.109. The maximum atomic E-state index is 12.3. The first-order valence-electron chi connectivity index (χ1n) is 8.61. The number of amides is 1. The Bertz CT molecular complexity index is 694. The summed E-state index contributed by atoms with van der Waals surface area (Å²) in [5.41, 5.74) is 3.00. The number of anilines is 1. The van der Waals surface area contributed by atoms with Crippen LogP contribution in [-0.4, -0.2) is 45.9 Å². The Morgan fingerprint density at radius 1 is 1.12 bits per heavy atom. The number of hydrogen-bond donors (Lipinski definition) is 1. The molecule has 132 valence electrons. The van der Waals surface area contributed by atoms with Crippen LogP contribution in [0.4, 0.5) is 5.69 Å². The predicted octanol–water partition coefficient (Wildman–Crippen LogP) is 2.50. The molecule has 1 aliphatic rings. The molecule has 0 aromatic heterocycles. The zero-order valence-electron chi connectivity index (χ0n) is 14.5. The van der Waals surface area contributed by atoms with Gasteiger partial charge < -0.3 is 19.7 Å². The minimum atomic E-state index is -0.109. The highest BCUT2D eigenvalue weighted by molar-refractivity contribution is 5.96. The van der Waals surface area contributed by atoms with Gasteiger partial charge in [-0.2, -0.15) is 0 Å². The molecule has 5 nitrogen and oxygen atoms in total. The number of carbonyl (C=O) groups is 1. The lowest BCUT2D eigenvalue weighted by atomic mass is 10.1. The van der Waals surface area contributed by atoms with E-state index >= 15 is 0 Å². The van der Waals surface area contributed by atoms with Crippen LogP contribution in [0.15, 0.2) is 48.5 Å². The summed E-state index contributed by atoms with van der Waals surface area (Å²) in [6.07, 6.45) is 0.796. The smallest absolute Gasteiger partial charge is 0.255 e. The second-order valence-corrected chi connectivity index (χ2v) is 5.97. The maximum absolute atomic E-state index is 12.3. The van der Waals surface area contributed by atoms with Crippen molar-refractivity contribution in [3.8, 4) is 5.75 Å². The predicted molar refractivity (Wildman–Crippen MR) is 98.5 cm³/mol. The van der Waals surface area contributed by atoms with Crippen molar-refractivity contribution >= 4 is 11.6 Å². The molecule has 0 unspecified atom stereocenters. The van der Waals surface area contributed by atoms with Crippen molar-refractivity contribution in [1.82, 2.24) is 5.32 Å². The van der Waals surface area contributed by atoms with Crippen LogP contribution in [0.2, 0.25) is 0 Å². The van der Waals surface area contributed by atoms with Crippen LogP contribution in [0, 0.1) is 0 Å². The van der Waals surface area contributed by atoms with Crippen LogP contribution in [0.1, 0.15) is 15.9 Å². The van der Waals surface area contributed by atoms with E-state index in [4.69, 9.17) is 9.47 Å². The standard InChI is InChI=1S/C20H24N2O3/c1-24-19-5-3-2-4-18(19)20(23)21-11-10-16-6-8-17(9-7-16)22-12-14-25-15-13-22/h2-9H,10-15H2,1H3,(H,21,23). The van der Waals surface area contributed by atoms with Crippen LogP contribution >= 0.6 is 0 Å². The van der Waals surface area contributed by atoms with Crippen LogP contribution in [0.3, 0.4) is 0 Å². The molecule has 0 saturated carbocycles. The molecule has 1 fully saturated rings. The highest BCUT2D eigenvalue weighted by Gasteiger charge is 2.12. The molecule has 0 radical (unpaired) electrons. The molecule has 1 heterocycles. The van der Waals surface area contributed by atoms with Crippen molar-refractivity contribution in [3.05, 3.63) is 59.7 Å². The van der Waals surface area contributed by atoms with Gasteiger partial charge in [-0.15, -0.1) is 0 Å². The van der Waals surface area contributed by atoms with Gasteiger partial charge in [-0.25, -0.2) is 0 Å². The Balaban J connectivity index is 1.51. The highest BCUT2D eigenvalue weighted by atomic mass is 16.5. The Kier molecular flexibility index (Phi) is 5.90. The van der Waals surface area contributed by atoms with Gasteiger partial charge in [0.2, 0.25) is 0 Å². The number of morpholine rings is 1. The van der Waals surface area contributed by atoms with Gasteiger partial charge >= 0.3 is 0 Å². The summed E-state index contributed by atoms with van der Waals surface area (Å²) in [7, 11) is 1.57. The molecular formula is C20H24N2O3. The van der Waals surface area contributed by atoms with E-state index in [-0.39, 0.29) is 5.91 Å². The molecule has 2 aromatic carbocycles. The Morgan fingerprint density at radius 2 is 1.84 bits per heavy atom. The normalized spacial score (nSPS) is 14.2. The molecule has 3 rings (SSSR count). The van der Waals surface area contributed by atoms with Gasteiger partial charge in [0.25, 0.3) is 5.91 Å². The number of hydrogen-bond acceptors (Lipinski definition) is 4. The van der Waals surface area contributed by atoms with Gasteiger partial charge in [-0.05, 0) is 36.2 Å². The molecule has 0 bridgehead atoms. The summed E-state index contributed by atoms with van der Waals surface area (Å²) >= 11 is 0. The minimum Gasteiger partial charge on any atom is -0.496 e. The first-order chi connectivity index (χ1) is 12.3. The fourth-order valence-corrected chi connectivity index (χ4v) is 2.94. The van der Waals surface area contributed by atoms with E-state index in [0.717, 1.165) is 32.7 Å². The summed E-state index contributed by atoms with van der Waals surface area (Å²) in [4.78, 5) is 14.6. The number of methoxy groups -OCH3 is 1. The largest absolute Gasteiger partial charge is 0.496 e. The number of carbonyl (C=O) groups excluding carboxylic acids is 1. The summed E-state index contributed by atoms with van der Waals surface area (Å²) in [5, 5.41) is 2.95. The first-order valence-corrected chi connectivity index (χ1v) is 8.61. The molecule has 0 aliphatic carbocycles. The summed E-state index contributed by atoms with van der Waals surface area (Å²) < 4.78 is 10.6. The van der Waals surface area contributed by atoms with E-state index in [0.29, 0.717) is 17.9 Å². The van der Waals surface area contributed by atoms with Gasteiger partial charge in [0, 0.05) is 25.3 Å². The molecule has 25 heavy (non-hydrogen) atoms. The number of benzene rings is 2. The molecule has 5 heteroatoms. The molecule has 0 atom stereocenters. The average molecular weight is 340 g/mol. The highest BCUT2D eigenvalue weighted by Crippen LogP contribution is 2.18. The van der Waals surface area contributed by atoms with Crippen LogP contribution in [-0.2, 0) is 11.2 Å². The zero-order chi connectivity index (χ0) is 17.5. The average Bonchev–Trinajstić information content (AvgIpc) is 2.69. The molecule has 1 amide bonds. The van der Waals surface area contributed by atoms with E-state index in [2.05, 4.69) is 34.5 Å². The number of nitrogens with one attached hydrogen (secondary N) is 1. The van der Waals surface area contributed by atoms with Crippen molar-refractivity contribution < 1.29 is 14.3 Å². The van der Waals surface area contributed by atoms with E-state index in [1.54, 1.807) is 19.2 Å². The van der Waals surface area contributed by atoms with Gasteiger partial charge in [0.15, 0.2) is 0 Å². The fourth-order valence-electron chi connectivity index (χ4n) is 2.94. The molecule has 1 aliphatic heterocycles. The Hall–Kier alpha value is -2.53. The fraction of sp³-hybridized carbons (Fsp3) is 0.350. The third-order valence-corrected chi connectivity index (χ3v) is 4.36. The molecule has 2 aromatic rings. The van der Waals surface area contributed by atoms with Crippen molar-refractivity contribution in [2.24, 2.45) is 0 Å². The van der Waals surface area contributed by atoms with Crippen molar-refractivity contribution in [2.45, 2.75) is 6.42 Å². The molecule has 1 N–H and O–H groups in total. The zero-order valence-corrected chi connectivity index (χ0v) is 14.5. The lowest BCUT2D eigenvalue weighted by molar-refractivity contribution is 0.0951. The van der Waals surface area contributed by atoms with E-state index in [9.17, 15) is 4.79 Å². The SMILES string of the molecule is COc1ccccc1C(=O)NCCc1ccc(N2CCOCC2)cc1. The topological polar surface area (TPSA) is 50.8 Å². The maximum Gasteiger partial charge on any atom is 0.255 e. The monoisotopic (exact) mass is 340 g/mol. The second-order valence-electron chi connectivity index (χ2n) is 5.97. The number of rotatable bonds is 6. The van der Waals surface area contributed by atoms with E-state index in [1.165, 1.54) is 11.3 Å². The lowest BCUT2D eigenvalue weighted by Crippen LogP contribution is -2.36. The summed E-state index contributed by atoms with van der Waals surface area (Å²) in [5.74, 6) is 0.484. The Morgan fingerprint density at radius 3 is 2.56 bits per heavy atom. The lowest BCUT2D eigenvalue weighted by Gasteiger charge is -2.28. The van der Waals surface area contributed by atoms with Crippen LogP contribution in [0.5, 0.6) is 5.75 Å². The second kappa shape index (κ2) is 8.53. The molecule has 0 spiro atoms. The van der Waals surface area contributed by atoms with Crippen LogP contribution < -0.4 is 15.0 Å². The van der Waals surface area contributed by atoms with Gasteiger partial charge in [0.05, 0.1) is 25.9 Å². The molecular weight excluding hydrogens is 316 g/mol. The van der Waals surface area contributed by atoms with Gasteiger partial charge in [-0.1, -0.05) is 24.3 Å². The summed E-state index contributed by atoms with van der Waals surface area (Å²) in [6, 6.07) is 15.8. The number of para-hydroxylation sites is 1. The molecule has 1 saturated heterocycles. The van der Waals surface area contributed by atoms with Crippen molar-refractivity contribution in [2.75, 3.05) is 44.9 Å². The third-order valence-electron chi connectivity index (χ3n) is 4.36. The van der Waals surface area contributed by atoms with E-state index in [1.807, 2.05) is 12.1 Å². The number of nitrogens with zero attached hydrogens (tertiary/aromatic N) is 1. The summed E-state index contributed by atoms with van der Waals surface area (Å²) in [6.45, 7) is 4.05. The van der Waals surface area contributed by atoms with Gasteiger partial charge in [0.1, 0.15) is 5.75 Å².